The summed E-state index contributed by atoms with van der Waals surface area (Å²) in [5.74, 6) is -0.302. The van der Waals surface area contributed by atoms with Crippen LogP contribution in [0.1, 0.15) is 13.3 Å². The molecule has 0 bridgehead atoms. The summed E-state index contributed by atoms with van der Waals surface area (Å²) in [6, 6.07) is 0. The smallest absolute Gasteiger partial charge is 0.333 e. The molecule has 0 unspecified atom stereocenters. The summed E-state index contributed by atoms with van der Waals surface area (Å²) in [5, 5.41) is 0. The summed E-state index contributed by atoms with van der Waals surface area (Å²) in [6.07, 6.45) is 2.76. The minimum absolute atomic E-state index is 0. The summed E-state index contributed by atoms with van der Waals surface area (Å²) in [4.78, 5) is 11.1. The number of hydrogen-bond donors (Lipinski definition) is 0. The van der Waals surface area contributed by atoms with Gasteiger partial charge in [-0.05, 0) is 13.0 Å². The average molecular weight is 248 g/mol. The van der Waals surface area contributed by atoms with Crippen LogP contribution in [-0.2, 0) is 9.53 Å². The summed E-state index contributed by atoms with van der Waals surface area (Å²) in [6.45, 7) is 11.2. The van der Waals surface area contributed by atoms with Crippen molar-refractivity contribution in [3.63, 3.8) is 0 Å². The van der Waals surface area contributed by atoms with Gasteiger partial charge in [-0.2, -0.15) is 0 Å². The molecule has 0 aromatic rings. The number of likely N-dealkylation sites (N-methyl/N-ethyl adjacent to an activating group) is 1. The van der Waals surface area contributed by atoms with E-state index in [1.54, 1.807) is 6.92 Å². The van der Waals surface area contributed by atoms with Gasteiger partial charge in [0.1, 0.15) is 0 Å². The van der Waals surface area contributed by atoms with Crippen LogP contribution in [0.15, 0.2) is 24.8 Å². The van der Waals surface area contributed by atoms with Crippen molar-refractivity contribution < 1.29 is 26.4 Å². The normalized spacial score (nSPS) is 10.2. The predicted molar refractivity (Wildman–Crippen MR) is 62.4 cm³/mol. The van der Waals surface area contributed by atoms with Crippen molar-refractivity contribution in [2.75, 3.05) is 33.8 Å². The lowest BCUT2D eigenvalue weighted by Gasteiger charge is -2.28. The van der Waals surface area contributed by atoms with E-state index >= 15 is 0 Å². The molecule has 0 aromatic carbocycles. The van der Waals surface area contributed by atoms with Crippen LogP contribution in [0.3, 0.4) is 0 Å². The first kappa shape index (κ1) is 17.6. The Morgan fingerprint density at radius 3 is 2.44 bits per heavy atom. The second-order valence-electron chi connectivity index (χ2n) is 4.40. The van der Waals surface area contributed by atoms with Crippen molar-refractivity contribution in [1.82, 2.24) is 0 Å². The number of rotatable bonds is 7. The van der Waals surface area contributed by atoms with Crippen LogP contribution in [-0.4, -0.2) is 44.2 Å². The van der Waals surface area contributed by atoms with E-state index < -0.39 is 0 Å². The first-order valence-corrected chi connectivity index (χ1v) is 5.14. The van der Waals surface area contributed by atoms with Crippen molar-refractivity contribution in [1.29, 1.82) is 0 Å². The van der Waals surface area contributed by atoms with Gasteiger partial charge in [0.05, 0.1) is 33.8 Å². The first-order valence-electron chi connectivity index (χ1n) is 5.14. The Kier molecular flexibility index (Phi) is 9.19. The van der Waals surface area contributed by atoms with Crippen molar-refractivity contribution in [3.8, 4) is 0 Å². The summed E-state index contributed by atoms with van der Waals surface area (Å²) < 4.78 is 5.87. The van der Waals surface area contributed by atoms with Gasteiger partial charge in [0.25, 0.3) is 0 Å². The van der Waals surface area contributed by atoms with E-state index in [4.69, 9.17) is 4.74 Å². The van der Waals surface area contributed by atoms with Crippen LogP contribution in [0, 0.1) is 0 Å². The molecule has 0 aliphatic heterocycles. The van der Waals surface area contributed by atoms with Crippen LogP contribution in [0.4, 0.5) is 0 Å². The number of quaternary nitrogens is 1. The Morgan fingerprint density at radius 1 is 1.44 bits per heavy atom. The Hall–Kier alpha value is -0.800. The fourth-order valence-corrected chi connectivity index (χ4v) is 1.22. The summed E-state index contributed by atoms with van der Waals surface area (Å²) >= 11 is 0. The van der Waals surface area contributed by atoms with Gasteiger partial charge in [-0.3, -0.25) is 0 Å². The lowest BCUT2D eigenvalue weighted by molar-refractivity contribution is -0.884. The highest BCUT2D eigenvalue weighted by atomic mass is 35.5. The van der Waals surface area contributed by atoms with Crippen molar-refractivity contribution in [2.24, 2.45) is 0 Å². The number of hydrogen-bond acceptors (Lipinski definition) is 2. The molecular formula is C12H22ClNO2. The highest BCUT2D eigenvalue weighted by Crippen LogP contribution is 2.00. The molecule has 0 fully saturated rings. The number of halogens is 1. The SMILES string of the molecule is C=CC[N+](C)(C)CCCOC(=O)C(=C)C.[Cl-]. The average Bonchev–Trinajstić information content (AvgIpc) is 2.11. The summed E-state index contributed by atoms with van der Waals surface area (Å²) in [7, 11) is 4.25. The third-order valence-electron chi connectivity index (χ3n) is 2.11. The molecule has 0 heterocycles. The molecule has 4 heteroatoms. The quantitative estimate of drug-likeness (QED) is 0.185. The minimum Gasteiger partial charge on any atom is -1.00 e. The van der Waals surface area contributed by atoms with E-state index in [1.165, 1.54) is 0 Å². The number of carbonyl (C=O) groups excluding carboxylic acids is 1. The zero-order valence-electron chi connectivity index (χ0n) is 10.5. The maximum absolute atomic E-state index is 11.1. The van der Waals surface area contributed by atoms with E-state index in [9.17, 15) is 4.79 Å². The van der Waals surface area contributed by atoms with E-state index in [2.05, 4.69) is 27.3 Å². The molecule has 0 N–H and O–H groups in total. The van der Waals surface area contributed by atoms with Gasteiger partial charge >= 0.3 is 5.97 Å². The molecule has 0 aliphatic rings. The molecule has 0 saturated heterocycles. The van der Waals surface area contributed by atoms with Gasteiger partial charge in [-0.15, -0.1) is 0 Å². The van der Waals surface area contributed by atoms with Crippen LogP contribution < -0.4 is 12.4 Å². The second kappa shape index (κ2) is 8.36. The van der Waals surface area contributed by atoms with Gasteiger partial charge in [-0.25, -0.2) is 4.79 Å². The third kappa shape index (κ3) is 8.50. The van der Waals surface area contributed by atoms with Crippen molar-refractivity contribution in [3.05, 3.63) is 24.8 Å². The first-order chi connectivity index (χ1) is 6.89. The van der Waals surface area contributed by atoms with Gasteiger partial charge in [0, 0.05) is 12.0 Å². The third-order valence-corrected chi connectivity index (χ3v) is 2.11. The van der Waals surface area contributed by atoms with Gasteiger partial charge in [-0.1, -0.05) is 13.2 Å². The van der Waals surface area contributed by atoms with Gasteiger partial charge < -0.3 is 21.6 Å². The van der Waals surface area contributed by atoms with Crippen LogP contribution in [0.2, 0.25) is 0 Å². The maximum Gasteiger partial charge on any atom is 0.333 e. The van der Waals surface area contributed by atoms with Crippen molar-refractivity contribution >= 4 is 5.97 Å². The predicted octanol–water partition coefficient (Wildman–Crippen LogP) is -1.24. The summed E-state index contributed by atoms with van der Waals surface area (Å²) in [5.41, 5.74) is 0.454. The Bertz CT molecular complexity index is 249. The molecule has 0 aromatic heterocycles. The standard InChI is InChI=1S/C12H22NO2.ClH/c1-6-8-13(4,5)9-7-10-15-12(14)11(2)3;/h6H,1-2,7-10H2,3-5H3;1H/q+1;/p-1. The van der Waals surface area contributed by atoms with Crippen LogP contribution in [0.25, 0.3) is 0 Å². The highest BCUT2D eigenvalue weighted by molar-refractivity contribution is 5.86. The lowest BCUT2D eigenvalue weighted by atomic mass is 10.3. The molecule has 0 spiro atoms. The number of carbonyl (C=O) groups is 1. The van der Waals surface area contributed by atoms with E-state index in [1.807, 2.05) is 6.08 Å². The molecule has 0 rings (SSSR count). The molecule has 94 valence electrons. The fourth-order valence-electron chi connectivity index (χ4n) is 1.22. The number of esters is 1. The van der Waals surface area contributed by atoms with E-state index in [-0.39, 0.29) is 18.4 Å². The highest BCUT2D eigenvalue weighted by Gasteiger charge is 2.12. The molecule has 3 nitrogen and oxygen atoms in total. The molecule has 16 heavy (non-hydrogen) atoms. The fraction of sp³-hybridized carbons (Fsp3) is 0.583. The molecule has 0 amide bonds. The molecule has 0 aliphatic carbocycles. The molecule has 0 radical (unpaired) electrons. The van der Waals surface area contributed by atoms with E-state index in [0.29, 0.717) is 12.2 Å². The topological polar surface area (TPSA) is 26.3 Å². The Morgan fingerprint density at radius 2 is 2.00 bits per heavy atom. The molecule has 0 saturated carbocycles. The second-order valence-corrected chi connectivity index (χ2v) is 4.40. The largest absolute Gasteiger partial charge is 1.00 e. The zero-order chi connectivity index (χ0) is 11.9. The monoisotopic (exact) mass is 247 g/mol. The molecule has 0 atom stereocenters. The molecular weight excluding hydrogens is 226 g/mol. The number of nitrogens with zero attached hydrogens (tertiary/aromatic N) is 1. The Balaban J connectivity index is 0. The zero-order valence-corrected chi connectivity index (χ0v) is 11.2. The number of ether oxygens (including phenoxy) is 1. The van der Waals surface area contributed by atoms with Crippen LogP contribution >= 0.6 is 0 Å². The minimum atomic E-state index is -0.302. The van der Waals surface area contributed by atoms with Crippen LogP contribution in [0.5, 0.6) is 0 Å². The lowest BCUT2D eigenvalue weighted by Crippen LogP contribution is -3.00. The Labute approximate surface area is 105 Å². The van der Waals surface area contributed by atoms with E-state index in [0.717, 1.165) is 24.0 Å². The van der Waals surface area contributed by atoms with Gasteiger partial charge in [0.15, 0.2) is 0 Å². The van der Waals surface area contributed by atoms with Gasteiger partial charge in [0.2, 0.25) is 0 Å². The maximum atomic E-state index is 11.1. The van der Waals surface area contributed by atoms with Crippen molar-refractivity contribution in [2.45, 2.75) is 13.3 Å².